The topological polar surface area (TPSA) is 93.5 Å². The molecule has 0 bridgehead atoms. The number of carbonyl (C=O) groups excluding carboxylic acids is 2. The fourth-order valence-electron chi connectivity index (χ4n) is 1.79. The highest BCUT2D eigenvalue weighted by Crippen LogP contribution is 2.08. The zero-order valence-electron chi connectivity index (χ0n) is 12.4. The number of nitrogen functional groups attached to an aromatic ring is 1. The maximum Gasteiger partial charge on any atom is 0.221 e. The number of hydrogen-bond acceptors (Lipinski definition) is 4. The predicted molar refractivity (Wildman–Crippen MR) is 81.7 cm³/mol. The Hall–Kier alpha value is -2.08. The smallest absolute Gasteiger partial charge is 0.221 e. The van der Waals surface area contributed by atoms with Gasteiger partial charge in [-0.15, -0.1) is 0 Å². The Balaban J connectivity index is 2.12. The van der Waals surface area contributed by atoms with Crippen molar-refractivity contribution in [1.82, 2.24) is 10.6 Å². The van der Waals surface area contributed by atoms with Crippen molar-refractivity contribution in [3.8, 4) is 0 Å². The Kier molecular flexibility index (Phi) is 7.89. The summed E-state index contributed by atoms with van der Waals surface area (Å²) in [5.74, 6) is -0.162. The quantitative estimate of drug-likeness (QED) is 0.456. The van der Waals surface area contributed by atoms with Crippen LogP contribution in [0.1, 0.15) is 18.4 Å². The molecule has 6 nitrogen and oxygen atoms in total. The summed E-state index contributed by atoms with van der Waals surface area (Å²) >= 11 is 0. The first-order valence-corrected chi connectivity index (χ1v) is 6.98. The number of rotatable bonds is 9. The van der Waals surface area contributed by atoms with Gasteiger partial charge in [-0.1, -0.05) is 12.1 Å². The Morgan fingerprint density at radius 3 is 2.57 bits per heavy atom. The van der Waals surface area contributed by atoms with E-state index in [0.29, 0.717) is 38.2 Å². The summed E-state index contributed by atoms with van der Waals surface area (Å²) < 4.78 is 4.82. The minimum Gasteiger partial charge on any atom is -0.399 e. The van der Waals surface area contributed by atoms with Crippen LogP contribution in [0, 0.1) is 0 Å². The molecule has 0 radical (unpaired) electrons. The van der Waals surface area contributed by atoms with Crippen LogP contribution < -0.4 is 16.4 Å². The maximum atomic E-state index is 11.6. The zero-order valence-corrected chi connectivity index (χ0v) is 12.4. The number of aryl methyl sites for hydroxylation is 1. The second kappa shape index (κ2) is 9.77. The van der Waals surface area contributed by atoms with E-state index in [4.69, 9.17) is 10.5 Å². The highest BCUT2D eigenvalue weighted by atomic mass is 16.5. The molecule has 0 aromatic heterocycles. The Bertz CT molecular complexity index is 463. The Labute approximate surface area is 125 Å². The van der Waals surface area contributed by atoms with E-state index in [0.717, 1.165) is 5.56 Å². The molecule has 1 rings (SSSR count). The molecule has 0 heterocycles. The van der Waals surface area contributed by atoms with Gasteiger partial charge in [0.25, 0.3) is 0 Å². The Morgan fingerprint density at radius 1 is 1.14 bits per heavy atom. The van der Waals surface area contributed by atoms with Crippen molar-refractivity contribution >= 4 is 17.5 Å². The highest BCUT2D eigenvalue weighted by molar-refractivity contribution is 5.79. The van der Waals surface area contributed by atoms with E-state index in [1.54, 1.807) is 7.11 Å². The fraction of sp³-hybridized carbons (Fsp3) is 0.467. The molecule has 0 fully saturated rings. The van der Waals surface area contributed by atoms with Gasteiger partial charge < -0.3 is 21.1 Å². The van der Waals surface area contributed by atoms with Crippen LogP contribution >= 0.6 is 0 Å². The van der Waals surface area contributed by atoms with Crippen molar-refractivity contribution in [2.45, 2.75) is 19.3 Å². The van der Waals surface area contributed by atoms with Gasteiger partial charge >= 0.3 is 0 Å². The van der Waals surface area contributed by atoms with Crippen LogP contribution in [0.5, 0.6) is 0 Å². The van der Waals surface area contributed by atoms with Crippen molar-refractivity contribution < 1.29 is 14.3 Å². The molecule has 6 heteroatoms. The maximum absolute atomic E-state index is 11.6. The molecule has 1 aromatic carbocycles. The minimum absolute atomic E-state index is 0.0675. The van der Waals surface area contributed by atoms with E-state index in [-0.39, 0.29) is 18.2 Å². The van der Waals surface area contributed by atoms with E-state index in [2.05, 4.69) is 10.6 Å². The minimum atomic E-state index is -0.0943. The number of amides is 2. The lowest BCUT2D eigenvalue weighted by Gasteiger charge is -2.07. The monoisotopic (exact) mass is 293 g/mol. The van der Waals surface area contributed by atoms with Crippen LogP contribution in [0.2, 0.25) is 0 Å². The summed E-state index contributed by atoms with van der Waals surface area (Å²) in [6, 6.07) is 7.47. The molecule has 0 unspecified atom stereocenters. The summed E-state index contributed by atoms with van der Waals surface area (Å²) in [5, 5.41) is 5.42. The molecule has 0 aliphatic rings. The van der Waals surface area contributed by atoms with E-state index in [1.165, 1.54) is 0 Å². The van der Waals surface area contributed by atoms with Gasteiger partial charge in [-0.2, -0.15) is 0 Å². The average Bonchev–Trinajstić information content (AvgIpc) is 2.45. The largest absolute Gasteiger partial charge is 0.399 e. The van der Waals surface area contributed by atoms with E-state index >= 15 is 0 Å². The van der Waals surface area contributed by atoms with Gasteiger partial charge in [-0.3, -0.25) is 9.59 Å². The third-order valence-corrected chi connectivity index (χ3v) is 2.89. The van der Waals surface area contributed by atoms with E-state index in [9.17, 15) is 9.59 Å². The van der Waals surface area contributed by atoms with Gasteiger partial charge in [0.1, 0.15) is 0 Å². The van der Waals surface area contributed by atoms with Crippen LogP contribution in [-0.4, -0.2) is 38.6 Å². The standard InChI is InChI=1S/C15H23N3O3/c1-21-10-9-18-15(20)7-8-17-14(19)6-5-12-3-2-4-13(16)11-12/h2-4,11H,5-10,16H2,1H3,(H,17,19)(H,18,20). The fourth-order valence-corrected chi connectivity index (χ4v) is 1.79. The van der Waals surface area contributed by atoms with Gasteiger partial charge in [0.05, 0.1) is 6.61 Å². The molecule has 1 aromatic rings. The summed E-state index contributed by atoms with van der Waals surface area (Å²) in [6.45, 7) is 1.31. The molecular weight excluding hydrogens is 270 g/mol. The predicted octanol–water partition coefficient (Wildman–Crippen LogP) is 0.470. The molecule has 0 saturated carbocycles. The van der Waals surface area contributed by atoms with Crippen molar-refractivity contribution in [1.29, 1.82) is 0 Å². The van der Waals surface area contributed by atoms with Crippen LogP contribution in [0.3, 0.4) is 0 Å². The number of nitrogens with two attached hydrogens (primary N) is 1. The van der Waals surface area contributed by atoms with Crippen LogP contribution in [-0.2, 0) is 20.7 Å². The van der Waals surface area contributed by atoms with E-state index < -0.39 is 0 Å². The molecule has 0 atom stereocenters. The van der Waals surface area contributed by atoms with Gasteiger partial charge in [-0.05, 0) is 24.1 Å². The van der Waals surface area contributed by atoms with E-state index in [1.807, 2.05) is 24.3 Å². The van der Waals surface area contributed by atoms with Crippen LogP contribution in [0.15, 0.2) is 24.3 Å². The van der Waals surface area contributed by atoms with Gasteiger partial charge in [0.15, 0.2) is 0 Å². The summed E-state index contributed by atoms with van der Waals surface area (Å²) in [6.07, 6.45) is 1.29. The molecule has 0 aliphatic carbocycles. The molecular formula is C15H23N3O3. The third kappa shape index (κ3) is 7.94. The zero-order chi connectivity index (χ0) is 15.5. The average molecular weight is 293 g/mol. The number of hydrogen-bond donors (Lipinski definition) is 3. The molecule has 0 spiro atoms. The van der Waals surface area contributed by atoms with Crippen molar-refractivity contribution in [3.05, 3.63) is 29.8 Å². The molecule has 2 amide bonds. The van der Waals surface area contributed by atoms with Gasteiger partial charge in [0.2, 0.25) is 11.8 Å². The molecule has 0 saturated heterocycles. The lowest BCUT2D eigenvalue weighted by atomic mass is 10.1. The van der Waals surface area contributed by atoms with Crippen molar-refractivity contribution in [3.63, 3.8) is 0 Å². The molecule has 116 valence electrons. The first-order valence-electron chi connectivity index (χ1n) is 6.98. The number of nitrogens with one attached hydrogen (secondary N) is 2. The lowest BCUT2D eigenvalue weighted by molar-refractivity contribution is -0.122. The second-order valence-electron chi connectivity index (χ2n) is 4.69. The normalized spacial score (nSPS) is 10.1. The lowest BCUT2D eigenvalue weighted by Crippen LogP contribution is -2.32. The molecule has 0 aliphatic heterocycles. The Morgan fingerprint density at radius 2 is 1.86 bits per heavy atom. The summed E-state index contributed by atoms with van der Waals surface area (Å²) in [4.78, 5) is 23.0. The van der Waals surface area contributed by atoms with Crippen LogP contribution in [0.4, 0.5) is 5.69 Å². The highest BCUT2D eigenvalue weighted by Gasteiger charge is 2.04. The number of carbonyl (C=O) groups is 2. The van der Waals surface area contributed by atoms with Crippen molar-refractivity contribution in [2.75, 3.05) is 32.5 Å². The number of anilines is 1. The summed E-state index contributed by atoms with van der Waals surface area (Å²) in [5.41, 5.74) is 7.40. The first kappa shape index (κ1) is 17.0. The van der Waals surface area contributed by atoms with Gasteiger partial charge in [0, 0.05) is 38.7 Å². The number of methoxy groups -OCH3 is 1. The molecule has 4 N–H and O–H groups in total. The number of ether oxygens (including phenoxy) is 1. The van der Waals surface area contributed by atoms with Gasteiger partial charge in [-0.25, -0.2) is 0 Å². The van der Waals surface area contributed by atoms with Crippen LogP contribution in [0.25, 0.3) is 0 Å². The first-order chi connectivity index (χ1) is 10.1. The number of benzene rings is 1. The summed E-state index contributed by atoms with van der Waals surface area (Å²) in [7, 11) is 1.58. The SMILES string of the molecule is COCCNC(=O)CCNC(=O)CCc1cccc(N)c1. The molecule has 21 heavy (non-hydrogen) atoms. The second-order valence-corrected chi connectivity index (χ2v) is 4.69. The third-order valence-electron chi connectivity index (χ3n) is 2.89. The van der Waals surface area contributed by atoms with Crippen molar-refractivity contribution in [2.24, 2.45) is 0 Å².